The molecule has 1 atom stereocenters. The van der Waals surface area contributed by atoms with Gasteiger partial charge >= 0.3 is 0 Å². The maximum atomic E-state index is 12.2. The van der Waals surface area contributed by atoms with Crippen LogP contribution in [0.25, 0.3) is 0 Å². The first-order chi connectivity index (χ1) is 8.10. The molecule has 1 N–H and O–H groups in total. The van der Waals surface area contributed by atoms with Crippen molar-refractivity contribution in [2.75, 3.05) is 20.6 Å². The zero-order valence-electron chi connectivity index (χ0n) is 11.8. The van der Waals surface area contributed by atoms with Crippen molar-refractivity contribution in [2.45, 2.75) is 52.0 Å². The summed E-state index contributed by atoms with van der Waals surface area (Å²) in [5.41, 5.74) is 0. The van der Waals surface area contributed by atoms with Gasteiger partial charge in [-0.3, -0.25) is 4.79 Å². The number of nitrogens with one attached hydrogen (secondary N) is 1. The molecule has 3 nitrogen and oxygen atoms in total. The van der Waals surface area contributed by atoms with Crippen LogP contribution in [0.1, 0.15) is 46.0 Å². The molecule has 0 aromatic rings. The fraction of sp³-hybridized carbons (Fsp3) is 0.929. The number of carbonyl (C=O) groups excluding carboxylic acids is 1. The molecule has 0 aromatic heterocycles. The fourth-order valence-corrected chi connectivity index (χ4v) is 2.86. The molecule has 0 aliphatic heterocycles. The van der Waals surface area contributed by atoms with Gasteiger partial charge in [-0.15, -0.1) is 0 Å². The molecule has 1 rings (SSSR count). The third-order valence-corrected chi connectivity index (χ3v) is 4.22. The number of rotatable bonds is 5. The average Bonchev–Trinajstić information content (AvgIpc) is 2.37. The van der Waals surface area contributed by atoms with Crippen LogP contribution in [0.3, 0.4) is 0 Å². The Kier molecular flexibility index (Phi) is 5.96. The van der Waals surface area contributed by atoms with E-state index in [4.69, 9.17) is 0 Å². The van der Waals surface area contributed by atoms with Gasteiger partial charge in [0.15, 0.2) is 0 Å². The van der Waals surface area contributed by atoms with Gasteiger partial charge < -0.3 is 10.2 Å². The fourth-order valence-electron chi connectivity index (χ4n) is 2.86. The molecule has 100 valence electrons. The molecule has 0 heterocycles. The summed E-state index contributed by atoms with van der Waals surface area (Å²) in [5, 5.41) is 3.07. The highest BCUT2D eigenvalue weighted by molar-refractivity contribution is 5.78. The minimum atomic E-state index is 0.0916. The lowest BCUT2D eigenvalue weighted by Crippen LogP contribution is -2.43. The topological polar surface area (TPSA) is 32.3 Å². The van der Waals surface area contributed by atoms with E-state index in [2.05, 4.69) is 12.2 Å². The van der Waals surface area contributed by atoms with Gasteiger partial charge in [-0.2, -0.15) is 0 Å². The van der Waals surface area contributed by atoms with Gasteiger partial charge in [0.25, 0.3) is 0 Å². The highest BCUT2D eigenvalue weighted by atomic mass is 16.2. The van der Waals surface area contributed by atoms with Crippen molar-refractivity contribution in [3.05, 3.63) is 0 Å². The van der Waals surface area contributed by atoms with E-state index in [9.17, 15) is 4.79 Å². The van der Waals surface area contributed by atoms with E-state index in [0.717, 1.165) is 12.5 Å². The number of amides is 1. The van der Waals surface area contributed by atoms with Crippen molar-refractivity contribution in [2.24, 2.45) is 11.8 Å². The second kappa shape index (κ2) is 7.00. The molecule has 1 fully saturated rings. The molecule has 3 heteroatoms. The number of hydrogen-bond donors (Lipinski definition) is 1. The molecular formula is C14H28N2O. The molecule has 1 amide bonds. The molecule has 0 bridgehead atoms. The Morgan fingerprint density at radius 1 is 1.35 bits per heavy atom. The molecule has 0 radical (unpaired) electrons. The van der Waals surface area contributed by atoms with E-state index in [0.29, 0.717) is 11.9 Å². The maximum absolute atomic E-state index is 12.2. The monoisotopic (exact) mass is 240 g/mol. The van der Waals surface area contributed by atoms with Crippen molar-refractivity contribution in [1.82, 2.24) is 10.2 Å². The lowest BCUT2D eigenvalue weighted by molar-refractivity contribution is -0.136. The predicted octanol–water partition coefficient (Wildman–Crippen LogP) is 2.27. The standard InChI is InChI=1S/C14H28N2O/c1-5-12-6-8-13(9-7-12)16(4)14(17)11(2)10-15-3/h11-13,15H,5-10H2,1-4H3. The number of hydrogen-bond acceptors (Lipinski definition) is 2. The van der Waals surface area contributed by atoms with Crippen molar-refractivity contribution in [1.29, 1.82) is 0 Å². The van der Waals surface area contributed by atoms with E-state index in [1.54, 1.807) is 0 Å². The molecule has 17 heavy (non-hydrogen) atoms. The Morgan fingerprint density at radius 3 is 2.41 bits per heavy atom. The quantitative estimate of drug-likeness (QED) is 0.799. The average molecular weight is 240 g/mol. The third kappa shape index (κ3) is 3.98. The molecular weight excluding hydrogens is 212 g/mol. The smallest absolute Gasteiger partial charge is 0.226 e. The first-order valence-electron chi connectivity index (χ1n) is 7.01. The molecule has 0 spiro atoms. The van der Waals surface area contributed by atoms with Crippen LogP contribution in [-0.2, 0) is 4.79 Å². The zero-order chi connectivity index (χ0) is 12.8. The van der Waals surface area contributed by atoms with Crippen molar-refractivity contribution in [3.8, 4) is 0 Å². The van der Waals surface area contributed by atoms with Crippen molar-refractivity contribution < 1.29 is 4.79 Å². The summed E-state index contributed by atoms with van der Waals surface area (Å²) in [6.07, 6.45) is 6.25. The lowest BCUT2D eigenvalue weighted by atomic mass is 9.84. The van der Waals surface area contributed by atoms with Gasteiger partial charge in [-0.05, 0) is 38.6 Å². The SMILES string of the molecule is CCC1CCC(N(C)C(=O)C(C)CNC)CC1. The Morgan fingerprint density at radius 2 is 1.94 bits per heavy atom. The maximum Gasteiger partial charge on any atom is 0.226 e. The summed E-state index contributed by atoms with van der Waals surface area (Å²) >= 11 is 0. The van der Waals surface area contributed by atoms with Gasteiger partial charge in [0, 0.05) is 25.6 Å². The van der Waals surface area contributed by atoms with E-state index in [-0.39, 0.29) is 5.92 Å². The van der Waals surface area contributed by atoms with Crippen LogP contribution in [0.15, 0.2) is 0 Å². The normalized spacial score (nSPS) is 26.6. The summed E-state index contributed by atoms with van der Waals surface area (Å²) in [6.45, 7) is 5.05. The summed E-state index contributed by atoms with van der Waals surface area (Å²) in [4.78, 5) is 14.2. The molecule has 1 unspecified atom stereocenters. The van der Waals surface area contributed by atoms with E-state index >= 15 is 0 Å². The van der Waals surface area contributed by atoms with Gasteiger partial charge in [-0.25, -0.2) is 0 Å². The third-order valence-electron chi connectivity index (χ3n) is 4.22. The first-order valence-corrected chi connectivity index (χ1v) is 7.01. The summed E-state index contributed by atoms with van der Waals surface area (Å²) in [7, 11) is 3.88. The lowest BCUT2D eigenvalue weighted by Gasteiger charge is -2.35. The molecule has 1 aliphatic carbocycles. The Bertz CT molecular complexity index is 234. The van der Waals surface area contributed by atoms with Crippen molar-refractivity contribution in [3.63, 3.8) is 0 Å². The zero-order valence-corrected chi connectivity index (χ0v) is 11.8. The van der Waals surface area contributed by atoms with Gasteiger partial charge in [-0.1, -0.05) is 20.3 Å². The predicted molar refractivity (Wildman–Crippen MR) is 71.9 cm³/mol. The second-order valence-electron chi connectivity index (χ2n) is 5.49. The summed E-state index contributed by atoms with van der Waals surface area (Å²) < 4.78 is 0. The van der Waals surface area contributed by atoms with Crippen LogP contribution >= 0.6 is 0 Å². The second-order valence-corrected chi connectivity index (χ2v) is 5.49. The largest absolute Gasteiger partial charge is 0.343 e. The molecule has 1 aliphatic rings. The van der Waals surface area contributed by atoms with E-state index in [1.807, 2.05) is 25.9 Å². The minimum Gasteiger partial charge on any atom is -0.343 e. The van der Waals surface area contributed by atoms with Crippen LogP contribution in [0.2, 0.25) is 0 Å². The van der Waals surface area contributed by atoms with Crippen LogP contribution in [-0.4, -0.2) is 37.5 Å². The number of carbonyl (C=O) groups is 1. The van der Waals surface area contributed by atoms with Crippen LogP contribution in [0.5, 0.6) is 0 Å². The highest BCUT2D eigenvalue weighted by Gasteiger charge is 2.27. The van der Waals surface area contributed by atoms with Crippen LogP contribution in [0.4, 0.5) is 0 Å². The minimum absolute atomic E-state index is 0.0916. The van der Waals surface area contributed by atoms with Crippen LogP contribution in [0, 0.1) is 11.8 Å². The Balaban J connectivity index is 2.42. The first kappa shape index (κ1) is 14.5. The molecule has 0 aromatic carbocycles. The highest BCUT2D eigenvalue weighted by Crippen LogP contribution is 2.29. The molecule has 1 saturated carbocycles. The summed E-state index contributed by atoms with van der Waals surface area (Å²) in [6, 6.07) is 0.476. The Labute approximate surface area is 106 Å². The summed E-state index contributed by atoms with van der Waals surface area (Å²) in [5.74, 6) is 1.28. The van der Waals surface area contributed by atoms with E-state index < -0.39 is 0 Å². The molecule has 0 saturated heterocycles. The van der Waals surface area contributed by atoms with Gasteiger partial charge in [0.1, 0.15) is 0 Å². The van der Waals surface area contributed by atoms with Gasteiger partial charge in [0.05, 0.1) is 0 Å². The van der Waals surface area contributed by atoms with Crippen LogP contribution < -0.4 is 5.32 Å². The Hall–Kier alpha value is -0.570. The van der Waals surface area contributed by atoms with E-state index in [1.165, 1.54) is 32.1 Å². The van der Waals surface area contributed by atoms with Crippen molar-refractivity contribution >= 4 is 5.91 Å². The van der Waals surface area contributed by atoms with Gasteiger partial charge in [0.2, 0.25) is 5.91 Å². The number of nitrogens with zero attached hydrogens (tertiary/aromatic N) is 1.